The van der Waals surface area contributed by atoms with Crippen molar-refractivity contribution < 1.29 is 5.21 Å². The van der Waals surface area contributed by atoms with Gasteiger partial charge in [0.05, 0.1) is 11.4 Å². The number of aromatic nitrogens is 2. The van der Waals surface area contributed by atoms with E-state index in [-0.39, 0.29) is 0 Å². The smallest absolute Gasteiger partial charge is 0.0907 e. The highest BCUT2D eigenvalue weighted by Crippen LogP contribution is 2.32. The van der Waals surface area contributed by atoms with Gasteiger partial charge in [0.15, 0.2) is 0 Å². The molecule has 2 rings (SSSR count). The van der Waals surface area contributed by atoms with Crippen molar-refractivity contribution in [1.29, 1.82) is 0 Å². The number of aryl methyl sites for hydroxylation is 1. The van der Waals surface area contributed by atoms with Gasteiger partial charge in [-0.1, -0.05) is 32.3 Å². The van der Waals surface area contributed by atoms with Gasteiger partial charge in [-0.15, -0.1) is 0 Å². The highest BCUT2D eigenvalue weighted by Gasteiger charge is 2.29. The van der Waals surface area contributed by atoms with Gasteiger partial charge in [0.1, 0.15) is 0 Å². The van der Waals surface area contributed by atoms with Crippen molar-refractivity contribution in [3.63, 3.8) is 0 Å². The predicted octanol–water partition coefficient (Wildman–Crippen LogP) is 3.63. The third kappa shape index (κ3) is 3.37. The van der Waals surface area contributed by atoms with Crippen LogP contribution in [-0.2, 0) is 12.8 Å². The Morgan fingerprint density at radius 1 is 1.45 bits per heavy atom. The fourth-order valence-electron chi connectivity index (χ4n) is 3.14. The fourth-order valence-corrected chi connectivity index (χ4v) is 4.12. The van der Waals surface area contributed by atoms with Gasteiger partial charge in [-0.05, 0) is 37.4 Å². The molecule has 1 aromatic heterocycles. The Balaban J connectivity index is 2.14. The van der Waals surface area contributed by atoms with Crippen LogP contribution in [0.25, 0.3) is 0 Å². The summed E-state index contributed by atoms with van der Waals surface area (Å²) in [6.07, 6.45) is 5.06. The Morgan fingerprint density at radius 3 is 2.90 bits per heavy atom. The number of rotatable bonds is 6. The number of thioether (sulfide) groups is 1. The summed E-state index contributed by atoms with van der Waals surface area (Å²) in [5.74, 6) is 1.71. The van der Waals surface area contributed by atoms with Crippen molar-refractivity contribution in [3.05, 3.63) is 17.0 Å². The van der Waals surface area contributed by atoms with Gasteiger partial charge < -0.3 is 5.21 Å². The summed E-state index contributed by atoms with van der Waals surface area (Å²) in [7, 11) is 0. The molecule has 0 fully saturated rings. The van der Waals surface area contributed by atoms with E-state index in [0.29, 0.717) is 11.2 Å². The van der Waals surface area contributed by atoms with E-state index in [2.05, 4.69) is 36.1 Å². The average Bonchev–Trinajstić information content (AvgIpc) is 2.82. The van der Waals surface area contributed by atoms with E-state index in [1.807, 2.05) is 11.8 Å². The summed E-state index contributed by atoms with van der Waals surface area (Å²) < 4.78 is 0. The third-order valence-electron chi connectivity index (χ3n) is 3.90. The molecule has 20 heavy (non-hydrogen) atoms. The molecule has 112 valence electrons. The van der Waals surface area contributed by atoms with Crippen molar-refractivity contribution in [3.8, 4) is 0 Å². The van der Waals surface area contributed by atoms with Crippen LogP contribution in [0.5, 0.6) is 0 Å². The van der Waals surface area contributed by atoms with E-state index in [4.69, 9.17) is 0 Å². The van der Waals surface area contributed by atoms with Gasteiger partial charge >= 0.3 is 0 Å². The van der Waals surface area contributed by atoms with E-state index in [1.54, 1.807) is 0 Å². The molecular weight excluding hydrogens is 270 g/mol. The highest BCUT2D eigenvalue weighted by molar-refractivity contribution is 7.99. The van der Waals surface area contributed by atoms with E-state index in [9.17, 15) is 5.21 Å². The molecule has 0 bridgehead atoms. The Hall–Kier alpha value is -0.970. The lowest BCUT2D eigenvalue weighted by Crippen LogP contribution is -2.23. The molecular formula is C15H25N3OS. The lowest BCUT2D eigenvalue weighted by atomic mass is 9.82. The maximum atomic E-state index is 9.35. The molecule has 0 radical (unpaired) electrons. The molecule has 4 nitrogen and oxygen atoms in total. The second kappa shape index (κ2) is 7.16. The topological polar surface area (TPSA) is 61.3 Å². The first-order chi connectivity index (χ1) is 9.69. The molecule has 0 amide bonds. The fraction of sp³-hybridized carbons (Fsp3) is 0.733. The SMILES string of the molecule is CCCc1n[nH]c2c1/C(=N\O)CC(CC(C)SCC)C2. The summed E-state index contributed by atoms with van der Waals surface area (Å²) in [6, 6.07) is 0. The Labute approximate surface area is 125 Å². The number of H-pyrrole nitrogens is 1. The molecule has 0 aliphatic heterocycles. The van der Waals surface area contributed by atoms with Gasteiger partial charge in [0, 0.05) is 16.5 Å². The highest BCUT2D eigenvalue weighted by atomic mass is 32.2. The third-order valence-corrected chi connectivity index (χ3v) is 5.00. The normalized spacial score (nSPS) is 21.9. The van der Waals surface area contributed by atoms with E-state index in [1.165, 1.54) is 6.42 Å². The lowest BCUT2D eigenvalue weighted by molar-refractivity contribution is 0.314. The molecule has 0 saturated heterocycles. The largest absolute Gasteiger partial charge is 0.411 e. The first kappa shape index (κ1) is 15.4. The van der Waals surface area contributed by atoms with E-state index < -0.39 is 0 Å². The molecule has 2 atom stereocenters. The first-order valence-corrected chi connectivity index (χ1v) is 8.63. The zero-order chi connectivity index (χ0) is 14.5. The zero-order valence-electron chi connectivity index (χ0n) is 12.6. The number of nitrogens with one attached hydrogen (secondary N) is 1. The molecule has 1 heterocycles. The van der Waals surface area contributed by atoms with Crippen LogP contribution in [-0.4, -0.2) is 32.1 Å². The standard InChI is InChI=1S/C15H25N3OS/c1-4-6-12-15-13(17-16-12)8-11(9-14(15)18-19)7-10(3)20-5-2/h10-11,19H,4-9H2,1-3H3,(H,16,17)/b18-14-. The molecule has 5 heteroatoms. The van der Waals surface area contributed by atoms with Gasteiger partial charge in [0.2, 0.25) is 0 Å². The van der Waals surface area contributed by atoms with Crippen molar-refractivity contribution in [2.45, 2.75) is 58.1 Å². The van der Waals surface area contributed by atoms with Crippen molar-refractivity contribution in [2.75, 3.05) is 5.75 Å². The maximum Gasteiger partial charge on any atom is 0.0907 e. The average molecular weight is 295 g/mol. The number of nitrogens with zero attached hydrogens (tertiary/aromatic N) is 2. The second-order valence-electron chi connectivity index (χ2n) is 5.60. The van der Waals surface area contributed by atoms with Gasteiger partial charge in [-0.2, -0.15) is 16.9 Å². The number of oxime groups is 1. The number of hydrogen-bond acceptors (Lipinski definition) is 4. The summed E-state index contributed by atoms with van der Waals surface area (Å²) in [6.45, 7) is 6.63. The van der Waals surface area contributed by atoms with Gasteiger partial charge in [-0.25, -0.2) is 0 Å². The first-order valence-electron chi connectivity index (χ1n) is 7.58. The molecule has 1 aliphatic rings. The van der Waals surface area contributed by atoms with Crippen LogP contribution in [0.4, 0.5) is 0 Å². The summed E-state index contributed by atoms with van der Waals surface area (Å²) in [5, 5.41) is 21.1. The van der Waals surface area contributed by atoms with Gasteiger partial charge in [-0.3, -0.25) is 5.10 Å². The van der Waals surface area contributed by atoms with Crippen molar-refractivity contribution in [2.24, 2.45) is 11.1 Å². The van der Waals surface area contributed by atoms with Crippen LogP contribution >= 0.6 is 11.8 Å². The van der Waals surface area contributed by atoms with Crippen molar-refractivity contribution in [1.82, 2.24) is 10.2 Å². The monoisotopic (exact) mass is 295 g/mol. The number of hydrogen-bond donors (Lipinski definition) is 2. The van der Waals surface area contributed by atoms with Crippen LogP contribution < -0.4 is 0 Å². The summed E-state index contributed by atoms with van der Waals surface area (Å²) >= 11 is 2.00. The predicted molar refractivity (Wildman–Crippen MR) is 84.9 cm³/mol. The van der Waals surface area contributed by atoms with Crippen LogP contribution in [0.2, 0.25) is 0 Å². The molecule has 0 spiro atoms. The molecule has 1 aromatic rings. The Kier molecular flexibility index (Phi) is 5.52. The summed E-state index contributed by atoms with van der Waals surface area (Å²) in [4.78, 5) is 0. The Bertz CT molecular complexity index is 470. The van der Waals surface area contributed by atoms with Gasteiger partial charge in [0.25, 0.3) is 0 Å². The quantitative estimate of drug-likeness (QED) is 0.622. The summed E-state index contributed by atoms with van der Waals surface area (Å²) in [5.41, 5.74) is 4.12. The van der Waals surface area contributed by atoms with Crippen LogP contribution in [0, 0.1) is 5.92 Å². The minimum Gasteiger partial charge on any atom is -0.411 e. The minimum absolute atomic E-state index is 0.553. The number of fused-ring (bicyclic) bond motifs is 1. The zero-order valence-corrected chi connectivity index (χ0v) is 13.5. The molecule has 0 aromatic carbocycles. The van der Waals surface area contributed by atoms with Crippen LogP contribution in [0.1, 0.15) is 57.0 Å². The molecule has 1 aliphatic carbocycles. The minimum atomic E-state index is 0.553. The maximum absolute atomic E-state index is 9.35. The molecule has 2 N–H and O–H groups in total. The lowest BCUT2D eigenvalue weighted by Gasteiger charge is -2.25. The molecule has 0 saturated carbocycles. The van der Waals surface area contributed by atoms with Crippen molar-refractivity contribution >= 4 is 17.5 Å². The van der Waals surface area contributed by atoms with Crippen LogP contribution in [0.15, 0.2) is 5.16 Å². The molecule has 2 unspecified atom stereocenters. The number of aromatic amines is 1. The van der Waals surface area contributed by atoms with E-state index in [0.717, 1.165) is 54.1 Å². The second-order valence-corrected chi connectivity index (χ2v) is 7.31. The van der Waals surface area contributed by atoms with Crippen LogP contribution in [0.3, 0.4) is 0 Å². The van der Waals surface area contributed by atoms with E-state index >= 15 is 0 Å². The Morgan fingerprint density at radius 2 is 2.25 bits per heavy atom.